The molecule has 1 aromatic rings. The number of aliphatic hydroxyl groups is 1. The first-order valence-electron chi connectivity index (χ1n) is 10.1. The molecule has 1 aromatic carbocycles. The lowest BCUT2D eigenvalue weighted by Gasteiger charge is -2.37. The largest absolute Gasteiger partial charge is 0.481 e. The lowest BCUT2D eigenvalue weighted by molar-refractivity contribution is -0.142. The molecule has 2 rings (SSSR count). The summed E-state index contributed by atoms with van der Waals surface area (Å²) in [4.78, 5) is 25.9. The van der Waals surface area contributed by atoms with Crippen LogP contribution in [0.3, 0.4) is 0 Å². The quantitative estimate of drug-likeness (QED) is 0.579. The SMILES string of the molecule is CO[C@@H]1Cc2ccccc2N(C(=O)CC(C)(C)C[C@H](N)[C@@H](O)C[C@@H](C)C(=O)O)C1. The summed E-state index contributed by atoms with van der Waals surface area (Å²) in [6.45, 7) is 5.95. The molecule has 0 radical (unpaired) electrons. The summed E-state index contributed by atoms with van der Waals surface area (Å²) in [6, 6.07) is 7.26. The Balaban J connectivity index is 2.04. The van der Waals surface area contributed by atoms with Crippen LogP contribution in [0.25, 0.3) is 0 Å². The zero-order chi connectivity index (χ0) is 21.8. The third kappa shape index (κ3) is 6.26. The van der Waals surface area contributed by atoms with Crippen LogP contribution in [0.1, 0.15) is 45.6 Å². The number of nitrogens with two attached hydrogens (primary N) is 1. The summed E-state index contributed by atoms with van der Waals surface area (Å²) < 4.78 is 5.52. The molecule has 0 bridgehead atoms. The van der Waals surface area contributed by atoms with E-state index in [4.69, 9.17) is 15.6 Å². The van der Waals surface area contributed by atoms with E-state index in [0.717, 1.165) is 17.7 Å². The second-order valence-electron chi connectivity index (χ2n) is 8.95. The number of aliphatic carboxylic acids is 1. The molecule has 7 nitrogen and oxygen atoms in total. The molecule has 162 valence electrons. The van der Waals surface area contributed by atoms with Gasteiger partial charge in [0.05, 0.1) is 24.7 Å². The van der Waals surface area contributed by atoms with Crippen LogP contribution in [0.15, 0.2) is 24.3 Å². The molecule has 0 unspecified atom stereocenters. The van der Waals surface area contributed by atoms with Crippen molar-refractivity contribution in [1.29, 1.82) is 0 Å². The number of ether oxygens (including phenoxy) is 1. The number of carbonyl (C=O) groups excluding carboxylic acids is 1. The Morgan fingerprint density at radius 2 is 2.00 bits per heavy atom. The molecular weight excluding hydrogens is 372 g/mol. The molecule has 1 aliphatic rings. The summed E-state index contributed by atoms with van der Waals surface area (Å²) in [6.07, 6.45) is 0.582. The molecule has 1 aliphatic heterocycles. The van der Waals surface area contributed by atoms with Crippen molar-refractivity contribution in [2.75, 3.05) is 18.6 Å². The number of methoxy groups -OCH3 is 1. The van der Waals surface area contributed by atoms with E-state index in [0.29, 0.717) is 13.0 Å². The average Bonchev–Trinajstić information content (AvgIpc) is 2.65. The van der Waals surface area contributed by atoms with Crippen LogP contribution in [0.2, 0.25) is 0 Å². The van der Waals surface area contributed by atoms with E-state index in [1.54, 1.807) is 18.9 Å². The van der Waals surface area contributed by atoms with Crippen molar-refractivity contribution in [2.45, 2.75) is 64.7 Å². The topological polar surface area (TPSA) is 113 Å². The van der Waals surface area contributed by atoms with Crippen LogP contribution in [0, 0.1) is 11.3 Å². The highest BCUT2D eigenvalue weighted by Gasteiger charge is 2.34. The lowest BCUT2D eigenvalue weighted by atomic mass is 9.79. The van der Waals surface area contributed by atoms with Crippen LogP contribution < -0.4 is 10.6 Å². The van der Waals surface area contributed by atoms with Gasteiger partial charge >= 0.3 is 5.97 Å². The molecule has 0 fully saturated rings. The fourth-order valence-electron chi connectivity index (χ4n) is 3.94. The van der Waals surface area contributed by atoms with Gasteiger partial charge in [-0.2, -0.15) is 0 Å². The number of para-hydroxylation sites is 1. The van der Waals surface area contributed by atoms with Gasteiger partial charge in [0.1, 0.15) is 0 Å². The summed E-state index contributed by atoms with van der Waals surface area (Å²) in [7, 11) is 1.66. The van der Waals surface area contributed by atoms with E-state index >= 15 is 0 Å². The molecule has 0 aromatic heterocycles. The van der Waals surface area contributed by atoms with Gasteiger partial charge < -0.3 is 25.6 Å². The summed E-state index contributed by atoms with van der Waals surface area (Å²) in [5.41, 5.74) is 7.70. The second kappa shape index (κ2) is 9.69. The van der Waals surface area contributed by atoms with Crippen molar-refractivity contribution in [1.82, 2.24) is 0 Å². The number of fused-ring (bicyclic) bond motifs is 1. The third-order valence-electron chi connectivity index (χ3n) is 5.68. The van der Waals surface area contributed by atoms with E-state index in [1.807, 2.05) is 38.1 Å². The monoisotopic (exact) mass is 406 g/mol. The van der Waals surface area contributed by atoms with Gasteiger partial charge in [0.2, 0.25) is 5.91 Å². The number of anilines is 1. The molecule has 0 aliphatic carbocycles. The Hall–Kier alpha value is -1.96. The van der Waals surface area contributed by atoms with Crippen molar-refractivity contribution in [3.05, 3.63) is 29.8 Å². The Kier molecular flexibility index (Phi) is 7.80. The highest BCUT2D eigenvalue weighted by Crippen LogP contribution is 2.33. The minimum absolute atomic E-state index is 0.00945. The number of carboxylic acid groups (broad SMARTS) is 1. The summed E-state index contributed by atoms with van der Waals surface area (Å²) in [5, 5.41) is 19.3. The molecule has 4 atom stereocenters. The molecule has 7 heteroatoms. The summed E-state index contributed by atoms with van der Waals surface area (Å²) in [5.74, 6) is -1.64. The molecule has 0 saturated carbocycles. The molecule has 29 heavy (non-hydrogen) atoms. The molecule has 1 amide bonds. The predicted octanol–water partition coefficient (Wildman–Crippen LogP) is 2.20. The number of hydrogen-bond donors (Lipinski definition) is 3. The molecule has 4 N–H and O–H groups in total. The van der Waals surface area contributed by atoms with Crippen LogP contribution in [0.5, 0.6) is 0 Å². The fourth-order valence-corrected chi connectivity index (χ4v) is 3.94. The standard InChI is InChI=1S/C22H34N2O5/c1-14(21(27)28)9-19(25)17(23)11-22(2,3)12-20(26)24-13-16(29-4)10-15-7-5-6-8-18(15)24/h5-8,14,16-17,19,25H,9-13,23H2,1-4H3,(H,27,28)/t14-,16-,17+,19+/m1/s1. The van der Waals surface area contributed by atoms with Crippen LogP contribution in [-0.2, 0) is 20.7 Å². The number of aliphatic hydroxyl groups excluding tert-OH is 1. The Morgan fingerprint density at radius 1 is 1.34 bits per heavy atom. The molecule has 0 spiro atoms. The first kappa shape index (κ1) is 23.3. The number of benzene rings is 1. The van der Waals surface area contributed by atoms with Crippen LogP contribution >= 0.6 is 0 Å². The van der Waals surface area contributed by atoms with Crippen LogP contribution in [0.4, 0.5) is 5.69 Å². The smallest absolute Gasteiger partial charge is 0.306 e. The first-order valence-corrected chi connectivity index (χ1v) is 10.1. The van der Waals surface area contributed by atoms with Gasteiger partial charge in [-0.3, -0.25) is 9.59 Å². The van der Waals surface area contributed by atoms with Crippen molar-refractivity contribution >= 4 is 17.6 Å². The van der Waals surface area contributed by atoms with Crippen molar-refractivity contribution < 1.29 is 24.5 Å². The minimum atomic E-state index is -0.956. The third-order valence-corrected chi connectivity index (χ3v) is 5.68. The maximum Gasteiger partial charge on any atom is 0.306 e. The van der Waals surface area contributed by atoms with Gasteiger partial charge in [-0.15, -0.1) is 0 Å². The Bertz CT molecular complexity index is 721. The maximum atomic E-state index is 13.1. The normalized spacial score (nSPS) is 19.9. The van der Waals surface area contributed by atoms with E-state index in [1.165, 1.54) is 0 Å². The average molecular weight is 407 g/mol. The van der Waals surface area contributed by atoms with Crippen molar-refractivity contribution in [3.63, 3.8) is 0 Å². The van der Waals surface area contributed by atoms with E-state index in [-0.39, 0.29) is 24.9 Å². The second-order valence-corrected chi connectivity index (χ2v) is 8.95. The molecule has 0 saturated heterocycles. The first-order chi connectivity index (χ1) is 13.5. The highest BCUT2D eigenvalue weighted by molar-refractivity contribution is 5.95. The summed E-state index contributed by atoms with van der Waals surface area (Å²) >= 11 is 0. The van der Waals surface area contributed by atoms with Crippen LogP contribution in [-0.4, -0.2) is 54.0 Å². The van der Waals surface area contributed by atoms with Crippen molar-refractivity contribution in [3.8, 4) is 0 Å². The van der Waals surface area contributed by atoms with E-state index in [9.17, 15) is 14.7 Å². The predicted molar refractivity (Wildman–Crippen MR) is 112 cm³/mol. The number of hydrogen-bond acceptors (Lipinski definition) is 5. The van der Waals surface area contributed by atoms with Gasteiger partial charge in [-0.05, 0) is 29.9 Å². The Morgan fingerprint density at radius 3 is 2.62 bits per heavy atom. The van der Waals surface area contributed by atoms with Gasteiger partial charge in [0.25, 0.3) is 0 Å². The number of nitrogens with zero attached hydrogens (tertiary/aromatic N) is 1. The molecule has 1 heterocycles. The van der Waals surface area contributed by atoms with E-state index in [2.05, 4.69) is 0 Å². The highest BCUT2D eigenvalue weighted by atomic mass is 16.5. The zero-order valence-electron chi connectivity index (χ0n) is 17.8. The van der Waals surface area contributed by atoms with Gasteiger partial charge in [-0.25, -0.2) is 0 Å². The lowest BCUT2D eigenvalue weighted by Crippen LogP contribution is -2.46. The van der Waals surface area contributed by atoms with Gasteiger partial charge in [0.15, 0.2) is 0 Å². The number of amides is 1. The minimum Gasteiger partial charge on any atom is -0.481 e. The van der Waals surface area contributed by atoms with Gasteiger partial charge in [0, 0.05) is 31.7 Å². The fraction of sp³-hybridized carbons (Fsp3) is 0.636. The maximum absolute atomic E-state index is 13.1. The van der Waals surface area contributed by atoms with Gasteiger partial charge in [-0.1, -0.05) is 39.0 Å². The number of carbonyl (C=O) groups is 2. The Labute approximate surface area is 172 Å². The zero-order valence-corrected chi connectivity index (χ0v) is 17.8. The molecular formula is C22H34N2O5. The van der Waals surface area contributed by atoms with Crippen molar-refractivity contribution in [2.24, 2.45) is 17.1 Å². The number of rotatable bonds is 9. The number of carboxylic acids is 1. The van der Waals surface area contributed by atoms with E-state index < -0.39 is 29.4 Å².